The van der Waals surface area contributed by atoms with Gasteiger partial charge >= 0.3 is 0 Å². The van der Waals surface area contributed by atoms with E-state index in [9.17, 15) is 0 Å². The van der Waals surface area contributed by atoms with Crippen molar-refractivity contribution in [1.82, 2.24) is 0 Å². The van der Waals surface area contributed by atoms with Crippen molar-refractivity contribution in [1.29, 1.82) is 0 Å². The van der Waals surface area contributed by atoms with Gasteiger partial charge in [0.1, 0.15) is 0 Å². The first-order chi connectivity index (χ1) is 10.2. The molecule has 2 radical (unpaired) electrons. The molecule has 26 heavy (non-hydrogen) atoms. The second-order valence-corrected chi connectivity index (χ2v) is 6.95. The molecule has 0 N–H and O–H groups in total. The largest absolute Gasteiger partial charge is 0.358 e. The molecule has 0 atom stereocenters. The maximum atomic E-state index is 2.32. The van der Waals surface area contributed by atoms with Gasteiger partial charge in [-0.15, -0.1) is 81.2 Å². The summed E-state index contributed by atoms with van der Waals surface area (Å²) >= 11 is 0. The predicted octanol–water partition coefficient (Wildman–Crippen LogP) is 5.50. The summed E-state index contributed by atoms with van der Waals surface area (Å²) in [5.41, 5.74) is 2.83. The Labute approximate surface area is 182 Å². The van der Waals surface area contributed by atoms with Crippen LogP contribution in [0.3, 0.4) is 0 Å². The monoisotopic (exact) mass is 434 g/mol. The Balaban J connectivity index is 0. The van der Waals surface area contributed by atoms with Crippen LogP contribution >= 0.6 is 0 Å². The molecular formula is C24H28SiZr-6. The van der Waals surface area contributed by atoms with Crippen LogP contribution < -0.4 is 10.4 Å². The average Bonchev–Trinajstić information content (AvgIpc) is 2.97. The molecule has 4 rings (SSSR count). The summed E-state index contributed by atoms with van der Waals surface area (Å²) in [6.07, 6.45) is 0. The van der Waals surface area contributed by atoms with Crippen molar-refractivity contribution in [2.75, 3.05) is 0 Å². The van der Waals surface area contributed by atoms with E-state index in [1.54, 1.807) is 0 Å². The zero-order valence-corrected chi connectivity index (χ0v) is 20.2. The molecule has 4 aromatic rings. The van der Waals surface area contributed by atoms with E-state index in [0.29, 0.717) is 0 Å². The maximum Gasteiger partial charge on any atom is 0 e. The minimum atomic E-state index is 0. The third-order valence-electron chi connectivity index (χ3n) is 4.24. The van der Waals surface area contributed by atoms with Gasteiger partial charge in [-0.05, 0) is 9.52 Å². The normalized spacial score (nSPS) is 9.31. The summed E-state index contributed by atoms with van der Waals surface area (Å²) in [7, 11) is 0.731. The van der Waals surface area contributed by atoms with Crippen LogP contribution in [0.2, 0.25) is 0 Å². The Bertz CT molecular complexity index is 865. The smallest absolute Gasteiger partial charge is 0 e. The van der Waals surface area contributed by atoms with Gasteiger partial charge in [0.25, 0.3) is 0 Å². The number of hydrogen-bond acceptors (Lipinski definition) is 0. The van der Waals surface area contributed by atoms with Crippen LogP contribution in [-0.4, -0.2) is 9.52 Å². The van der Waals surface area contributed by atoms with Crippen molar-refractivity contribution in [3.63, 3.8) is 0 Å². The fourth-order valence-corrected chi connectivity index (χ4v) is 4.71. The fraction of sp³-hybridized carbons (Fsp3) is 0.0833. The topological polar surface area (TPSA) is 0 Å². The van der Waals surface area contributed by atoms with Crippen LogP contribution in [0.4, 0.5) is 0 Å². The van der Waals surface area contributed by atoms with Crippen molar-refractivity contribution in [3.05, 3.63) is 101 Å². The van der Waals surface area contributed by atoms with Gasteiger partial charge in [-0.25, -0.2) is 0 Å². The predicted molar refractivity (Wildman–Crippen MR) is 119 cm³/mol. The Morgan fingerprint density at radius 2 is 0.962 bits per heavy atom. The van der Waals surface area contributed by atoms with E-state index in [2.05, 4.69) is 74.5 Å². The summed E-state index contributed by atoms with van der Waals surface area (Å²) in [5, 5.41) is 8.57. The minimum Gasteiger partial charge on any atom is -0.358 e. The van der Waals surface area contributed by atoms with E-state index in [-0.39, 0.29) is 55.9 Å². The van der Waals surface area contributed by atoms with Gasteiger partial charge in [-0.3, -0.25) is 0 Å². The third-order valence-corrected chi connectivity index (χ3v) is 6.07. The third kappa shape index (κ3) is 4.53. The molecule has 0 heterocycles. The molecule has 0 amide bonds. The Hall–Kier alpha value is -1.24. The molecule has 0 aliphatic carbocycles. The molecule has 0 spiro atoms. The first-order valence-electron chi connectivity index (χ1n) is 7.31. The van der Waals surface area contributed by atoms with Crippen LogP contribution in [0, 0.1) is 43.6 Å². The molecular weight excluding hydrogens is 408 g/mol. The summed E-state index contributed by atoms with van der Waals surface area (Å²) in [5.74, 6) is 0. The van der Waals surface area contributed by atoms with Gasteiger partial charge in [0.15, 0.2) is 0 Å². The maximum absolute atomic E-state index is 2.32. The standard InChI is InChI=1S/C20H16Si.4CH3.Zr/c1-13-11-15-7-3-5-9-17(15)19(13)21-20-14(2)12-16-8-4-6-10-18(16)20;;;;;/h3-12H,1-2H3;4*1H3;/q-2;4*-1;. The fourth-order valence-electron chi connectivity index (χ4n) is 3.19. The van der Waals surface area contributed by atoms with E-state index in [1.165, 1.54) is 43.0 Å². The van der Waals surface area contributed by atoms with E-state index >= 15 is 0 Å². The summed E-state index contributed by atoms with van der Waals surface area (Å²) < 4.78 is 0. The van der Waals surface area contributed by atoms with Crippen LogP contribution in [-0.2, 0) is 26.2 Å². The Morgan fingerprint density at radius 3 is 1.35 bits per heavy atom. The van der Waals surface area contributed by atoms with Crippen molar-refractivity contribution >= 4 is 41.4 Å². The molecule has 138 valence electrons. The first kappa shape index (κ1) is 27.0. The van der Waals surface area contributed by atoms with Crippen molar-refractivity contribution in [3.8, 4) is 0 Å². The van der Waals surface area contributed by atoms with Crippen molar-refractivity contribution < 1.29 is 26.2 Å². The molecule has 0 unspecified atom stereocenters. The number of hydrogen-bond donors (Lipinski definition) is 0. The van der Waals surface area contributed by atoms with E-state index in [0.717, 1.165) is 9.52 Å². The molecule has 4 aromatic carbocycles. The van der Waals surface area contributed by atoms with Crippen molar-refractivity contribution in [2.24, 2.45) is 0 Å². The van der Waals surface area contributed by atoms with Gasteiger partial charge in [0.05, 0.1) is 0 Å². The van der Waals surface area contributed by atoms with Gasteiger partial charge in [-0.2, -0.15) is 10.4 Å². The Kier molecular flexibility index (Phi) is 11.2. The molecule has 0 aliphatic heterocycles. The van der Waals surface area contributed by atoms with Gasteiger partial charge in [-0.1, -0.05) is 26.0 Å². The molecule has 0 saturated heterocycles. The molecule has 0 saturated carbocycles. The van der Waals surface area contributed by atoms with E-state index < -0.39 is 0 Å². The molecule has 0 aromatic heterocycles. The van der Waals surface area contributed by atoms with Crippen LogP contribution in [0.25, 0.3) is 21.5 Å². The summed E-state index contributed by atoms with van der Waals surface area (Å²) in [6.45, 7) is 4.48. The van der Waals surface area contributed by atoms with E-state index in [4.69, 9.17) is 0 Å². The van der Waals surface area contributed by atoms with E-state index in [1.807, 2.05) is 0 Å². The van der Waals surface area contributed by atoms with Crippen LogP contribution in [0.5, 0.6) is 0 Å². The second-order valence-electron chi connectivity index (χ2n) is 5.70. The van der Waals surface area contributed by atoms with Gasteiger partial charge < -0.3 is 29.7 Å². The minimum absolute atomic E-state index is 0. The molecule has 0 aliphatic rings. The molecule has 0 fully saturated rings. The molecule has 2 heteroatoms. The number of rotatable bonds is 2. The van der Waals surface area contributed by atoms with Crippen LogP contribution in [0.1, 0.15) is 11.1 Å². The number of aryl methyl sites for hydroxylation is 2. The Morgan fingerprint density at radius 1 is 0.615 bits per heavy atom. The van der Waals surface area contributed by atoms with Crippen molar-refractivity contribution in [2.45, 2.75) is 13.8 Å². The zero-order chi connectivity index (χ0) is 14.4. The second kappa shape index (κ2) is 10.8. The van der Waals surface area contributed by atoms with Gasteiger partial charge in [0, 0.05) is 26.2 Å². The zero-order valence-electron chi connectivity index (χ0n) is 16.8. The number of benzene rings is 2. The average molecular weight is 436 g/mol. The molecule has 0 bridgehead atoms. The molecule has 0 nitrogen and oxygen atoms in total. The van der Waals surface area contributed by atoms with Gasteiger partial charge in [0.2, 0.25) is 0 Å². The SMILES string of the molecule is Cc1[cH-]c2ccccc2c1[Si]c1c(C)[cH-]c2ccccc12.[CH3-].[CH3-].[CH3-].[CH3-].[Zr]. The summed E-state index contributed by atoms with van der Waals surface area (Å²) in [6, 6.07) is 22.1. The number of fused-ring (bicyclic) bond motifs is 2. The quantitative estimate of drug-likeness (QED) is 0.288. The summed E-state index contributed by atoms with van der Waals surface area (Å²) in [4.78, 5) is 0. The van der Waals surface area contributed by atoms with Crippen LogP contribution in [0.15, 0.2) is 60.7 Å². The first-order valence-corrected chi connectivity index (χ1v) is 8.31.